The first-order valence-electron chi connectivity index (χ1n) is 29.7. The van der Waals surface area contributed by atoms with Crippen LogP contribution in [0.5, 0.6) is 0 Å². The van der Waals surface area contributed by atoms with Gasteiger partial charge < -0.3 is 49.7 Å². The molecule has 6 heterocycles. The van der Waals surface area contributed by atoms with Crippen LogP contribution in [0, 0.1) is 58.4 Å². The number of hydrogen-bond acceptors (Lipinski definition) is 16. The van der Waals surface area contributed by atoms with Gasteiger partial charge >= 0.3 is 17.9 Å². The van der Waals surface area contributed by atoms with Crippen LogP contribution in [0.1, 0.15) is 70.2 Å². The van der Waals surface area contributed by atoms with Gasteiger partial charge in [-0.2, -0.15) is 0 Å². The number of hydrogen-bond donors (Lipinski definition) is 4. The van der Waals surface area contributed by atoms with Gasteiger partial charge in [-0.15, -0.1) is 0 Å². The molecule has 3 aliphatic heterocycles. The number of pyridine rings is 3. The van der Waals surface area contributed by atoms with E-state index in [4.69, 9.17) is 27.4 Å². The number of aromatic nitrogens is 3. The molecule has 5 aromatic carbocycles. The van der Waals surface area contributed by atoms with Gasteiger partial charge in [0, 0.05) is 159 Å². The summed E-state index contributed by atoms with van der Waals surface area (Å²) >= 11 is 0. The van der Waals surface area contributed by atoms with Crippen molar-refractivity contribution in [2.75, 3.05) is 80.4 Å². The third-order valence-electron chi connectivity index (χ3n) is 17.6. The molecule has 0 bridgehead atoms. The number of carbonyl (C=O) groups is 3. The van der Waals surface area contributed by atoms with Gasteiger partial charge in [-0.05, 0) is 108 Å². The lowest BCUT2D eigenvalue weighted by Crippen LogP contribution is -2.54. The topological polar surface area (TPSA) is 203 Å². The Balaban J connectivity index is 0.000000182. The quantitative estimate of drug-likeness (QED) is 0.0840. The molecule has 99 heavy (non-hydrogen) atoms. The van der Waals surface area contributed by atoms with Crippen LogP contribution in [0.15, 0.2) is 93.6 Å². The number of halogens is 17. The number of carbonyl (C=O) groups excluding carboxylic acids is 3. The normalized spacial score (nSPS) is 18.8. The summed E-state index contributed by atoms with van der Waals surface area (Å²) < 4.78 is 207. The third kappa shape index (κ3) is 14.8. The van der Waals surface area contributed by atoms with Gasteiger partial charge in [-0.3, -0.25) is 14.4 Å². The van der Waals surface area contributed by atoms with Crippen molar-refractivity contribution in [3.63, 3.8) is 0 Å². The predicted octanol–water partition coefficient (Wildman–Crippen LogP) is 11.8. The number of benzene rings is 5. The summed E-state index contributed by atoms with van der Waals surface area (Å²) in [5.74, 6) is -10.8. The van der Waals surface area contributed by atoms with Gasteiger partial charge in [0.15, 0.2) is 11.6 Å². The summed E-state index contributed by atoms with van der Waals surface area (Å²) in [5.41, 5.74) is -5.48. The maximum absolute atomic E-state index is 15.8. The molecular formula is C63H57F17N10O9. The highest BCUT2D eigenvalue weighted by Gasteiger charge is 2.55. The number of anilines is 4. The maximum Gasteiger partial charge on any atom is 0.385 e. The molecule has 5 fully saturated rings. The Morgan fingerprint density at radius 3 is 1.35 bits per heavy atom. The van der Waals surface area contributed by atoms with Gasteiger partial charge in [0.25, 0.3) is 0 Å². The second kappa shape index (κ2) is 31.7. The number of piperidine rings is 1. The molecular weight excluding hydrogens is 1360 g/mol. The van der Waals surface area contributed by atoms with Gasteiger partial charge in [0.05, 0.1) is 50.4 Å². The minimum absolute atomic E-state index is 0.00797. The largest absolute Gasteiger partial charge is 0.385 e. The standard InChI is InChI=1S/C22H17F4N3O3.C21H17F4N3O3.C20H23F3N4O3.3F2/c1-27-20-12-7-28(8-13(12)20)19-6-18-11(5-16(19)25)21(30)14(22(31)32-26)9-29(18)17-3-2-10(23)4-15(17)24;1-26-12-4-5-27(9-12)19-8-18-13(7-16(19)24)20(29)14(21(30)31-25)10-28(18)17-3-2-11(22)6-15(17)23;1-9-6-26(7-10(2)25-9)18-14(21)16(24-3)13-17(15(18)22)27(11-4-5-11)8-12(19(13)28)20(29)30-23;3*1-2/h2-6,9,12-13,20,27H,7-8H2,1H3;2-3,6-8,10,12,26H,4-5,9H2,1H3;8-11,24-25H,4-7H2,1-3H3;;;/t12-,13+,20?;;9-,10+;;;. The molecule has 3 aromatic heterocycles. The van der Waals surface area contributed by atoms with Crippen LogP contribution in [0.2, 0.25) is 0 Å². The monoisotopic (exact) mass is 1420 g/mol. The van der Waals surface area contributed by atoms with Crippen molar-refractivity contribution < 1.29 is 105 Å². The van der Waals surface area contributed by atoms with Crippen molar-refractivity contribution in [3.8, 4) is 11.4 Å². The van der Waals surface area contributed by atoms with E-state index in [1.54, 1.807) is 16.8 Å². The van der Waals surface area contributed by atoms with E-state index in [0.29, 0.717) is 82.1 Å². The highest BCUT2D eigenvalue weighted by atomic mass is 20.0. The third-order valence-corrected chi connectivity index (χ3v) is 17.6. The fourth-order valence-corrected chi connectivity index (χ4v) is 13.0. The van der Waals surface area contributed by atoms with Gasteiger partial charge in [-0.1, -0.05) is 0 Å². The van der Waals surface area contributed by atoms with Gasteiger partial charge in [0.2, 0.25) is 16.3 Å². The zero-order valence-corrected chi connectivity index (χ0v) is 52.2. The van der Waals surface area contributed by atoms with Crippen LogP contribution in [-0.4, -0.2) is 116 Å². The highest BCUT2D eigenvalue weighted by molar-refractivity contribution is 6.01. The fourth-order valence-electron chi connectivity index (χ4n) is 13.0. The molecule has 2 saturated carbocycles. The van der Waals surface area contributed by atoms with E-state index in [1.807, 2.05) is 25.8 Å². The lowest BCUT2D eigenvalue weighted by atomic mass is 10.0. The Hall–Kier alpha value is -9.97. The summed E-state index contributed by atoms with van der Waals surface area (Å²) in [5, 5.41) is 11.4. The molecule has 0 amide bonds. The molecule has 532 valence electrons. The first-order valence-corrected chi connectivity index (χ1v) is 29.7. The Labute approximate surface area is 547 Å². The van der Waals surface area contributed by atoms with E-state index in [1.165, 1.54) is 23.7 Å². The number of nitrogens with zero attached hydrogens (tertiary/aromatic N) is 6. The van der Waals surface area contributed by atoms with E-state index in [0.717, 1.165) is 70.5 Å². The Bertz CT molecular complexity index is 4550. The van der Waals surface area contributed by atoms with Crippen LogP contribution in [0.3, 0.4) is 0 Å². The number of nitrogens with one attached hydrogen (secondary N) is 4. The van der Waals surface area contributed by atoms with Crippen molar-refractivity contribution in [2.24, 2.45) is 11.8 Å². The molecule has 36 heteroatoms. The Kier molecular flexibility index (Phi) is 24.0. The number of rotatable bonds is 12. The molecule has 3 saturated heterocycles. The summed E-state index contributed by atoms with van der Waals surface area (Å²) in [6.07, 6.45) is 5.08. The molecule has 19 nitrogen and oxygen atoms in total. The summed E-state index contributed by atoms with van der Waals surface area (Å²) in [6.45, 7) is 6.90. The van der Waals surface area contributed by atoms with Crippen LogP contribution in [0.25, 0.3) is 44.1 Å². The zero-order chi connectivity index (χ0) is 72.8. The van der Waals surface area contributed by atoms with Gasteiger partial charge in [0.1, 0.15) is 57.3 Å². The average molecular weight is 1420 g/mol. The number of likely N-dealkylation sites (N-methyl/N-ethyl adjacent to an activating group) is 1. The van der Waals surface area contributed by atoms with Crippen molar-refractivity contribution in [1.29, 1.82) is 0 Å². The molecule has 13 rings (SSSR count). The van der Waals surface area contributed by atoms with Crippen molar-refractivity contribution in [2.45, 2.75) is 63.3 Å². The first-order chi connectivity index (χ1) is 47.4. The smallest absolute Gasteiger partial charge is 0.385 e. The zero-order valence-electron chi connectivity index (χ0n) is 52.2. The minimum Gasteiger partial charge on any atom is -0.385 e. The lowest BCUT2D eigenvalue weighted by molar-refractivity contribution is -0.0791. The van der Waals surface area contributed by atoms with Crippen LogP contribution >= 0.6 is 0 Å². The Morgan fingerprint density at radius 2 is 0.949 bits per heavy atom. The second-order valence-corrected chi connectivity index (χ2v) is 23.4. The van der Waals surface area contributed by atoms with E-state index in [2.05, 4.69) is 36.1 Å². The van der Waals surface area contributed by atoms with E-state index in [-0.39, 0.29) is 91.0 Å². The van der Waals surface area contributed by atoms with Crippen molar-refractivity contribution >= 4 is 73.4 Å². The second-order valence-electron chi connectivity index (χ2n) is 23.4. The predicted molar refractivity (Wildman–Crippen MR) is 327 cm³/mol. The van der Waals surface area contributed by atoms with Crippen LogP contribution in [-0.2, 0) is 14.8 Å². The van der Waals surface area contributed by atoms with E-state index < -0.39 is 97.4 Å². The van der Waals surface area contributed by atoms with Gasteiger partial charge in [-0.25, -0.2) is 64.3 Å². The molecule has 5 aliphatic rings. The number of fused-ring (bicyclic) bond motifs is 4. The molecule has 8 aromatic rings. The number of piperazine rings is 1. The SMILES string of the molecule is CNC1CCN(c2cc3c(cc2F)c(=O)c(C(=O)OF)cn3-c2ccc(F)cc2F)C1.CNC1[C@H]2CN(c3cc4c(cc3F)c(=O)c(C(=O)OF)cn4-c3ccc(F)cc3F)C[C@@H]12.CNc1c(F)c(N2C[C@@H](C)N[C@@H](C)C2)c(F)c2c1c(=O)c(C(=O)OF)cn2C1CC1.FF.FF.FF. The molecule has 4 N–H and O–H groups in total. The van der Waals surface area contributed by atoms with E-state index >= 15 is 13.2 Å². The average Bonchev–Trinajstić information content (AvgIpc) is 1.73. The van der Waals surface area contributed by atoms with Crippen molar-refractivity contribution in [1.82, 2.24) is 29.7 Å². The van der Waals surface area contributed by atoms with Crippen LogP contribution in [0.4, 0.5) is 98.9 Å². The lowest BCUT2D eigenvalue weighted by Gasteiger charge is -2.38. The molecule has 2 unspecified atom stereocenters. The fraction of sp³-hybridized carbons (Fsp3) is 0.333. The first kappa shape index (κ1) is 74.8. The molecule has 0 spiro atoms. The summed E-state index contributed by atoms with van der Waals surface area (Å²) in [6, 6.07) is 10.4. The van der Waals surface area contributed by atoms with Crippen LogP contribution < -0.4 is 52.3 Å². The van der Waals surface area contributed by atoms with E-state index in [9.17, 15) is 64.3 Å². The Morgan fingerprint density at radius 1 is 0.505 bits per heavy atom. The minimum atomic E-state index is -1.61. The summed E-state index contributed by atoms with van der Waals surface area (Å²) in [4.78, 5) is 88.5. The molecule has 2 aliphatic carbocycles. The maximum atomic E-state index is 15.8. The molecule has 6 atom stereocenters. The van der Waals surface area contributed by atoms with Crippen molar-refractivity contribution in [3.05, 3.63) is 173 Å². The summed E-state index contributed by atoms with van der Waals surface area (Å²) in [7, 11) is 5.08. The highest BCUT2D eigenvalue weighted by Crippen LogP contribution is 2.48. The molecule has 0 radical (unpaired) electrons.